The number of nitrogens with two attached hydrogens (primary N) is 1. The van der Waals surface area contributed by atoms with E-state index in [0.29, 0.717) is 61.4 Å². The monoisotopic (exact) mass is 761 g/mol. The number of fused-ring (bicyclic) bond motifs is 4. The quantitative estimate of drug-likeness (QED) is 0.193. The second-order valence-electron chi connectivity index (χ2n) is 14.1. The number of rotatable bonds is 6. The van der Waals surface area contributed by atoms with E-state index in [4.69, 9.17) is 27.1 Å². The number of thiophene rings is 1. The summed E-state index contributed by atoms with van der Waals surface area (Å²) in [5.74, 6) is -1.25. The second-order valence-corrected chi connectivity index (χ2v) is 15.5. The van der Waals surface area contributed by atoms with E-state index in [-0.39, 0.29) is 60.8 Å². The van der Waals surface area contributed by atoms with Crippen molar-refractivity contribution in [1.29, 1.82) is 5.26 Å². The van der Waals surface area contributed by atoms with Crippen molar-refractivity contribution >= 4 is 60.7 Å². The van der Waals surface area contributed by atoms with Crippen molar-refractivity contribution < 1.29 is 22.7 Å². The number of anilines is 2. The number of nitrogens with zero attached hydrogens (tertiary/aromatic N) is 8. The molecule has 6 heterocycles. The number of amides is 1. The van der Waals surface area contributed by atoms with Gasteiger partial charge < -0.3 is 20.3 Å². The highest BCUT2D eigenvalue weighted by Crippen LogP contribution is 2.46. The van der Waals surface area contributed by atoms with Gasteiger partial charge in [-0.2, -0.15) is 20.3 Å². The van der Waals surface area contributed by atoms with Crippen molar-refractivity contribution in [2.45, 2.75) is 50.7 Å². The van der Waals surface area contributed by atoms with Crippen molar-refractivity contribution in [3.05, 3.63) is 69.8 Å². The maximum Gasteiger partial charge on any atom is 0.319 e. The average molecular weight is 762 g/mol. The molecule has 11 nitrogen and oxygen atoms in total. The van der Waals surface area contributed by atoms with Crippen LogP contribution in [0, 0.1) is 23.0 Å². The number of hydrogen-bond donors (Lipinski definition) is 1. The molecular formula is C37H35ClF3N9O2S. The first-order chi connectivity index (χ1) is 25.5. The topological polar surface area (TPSA) is 129 Å². The summed E-state index contributed by atoms with van der Waals surface area (Å²) in [5, 5.41) is 15.1. The third-order valence-electron chi connectivity index (χ3n) is 10.5. The van der Waals surface area contributed by atoms with Crippen molar-refractivity contribution in [2.75, 3.05) is 51.0 Å². The predicted octanol–water partition coefficient (Wildman–Crippen LogP) is 7.07. The summed E-state index contributed by atoms with van der Waals surface area (Å²) >= 11 is 7.84. The van der Waals surface area contributed by atoms with Crippen LogP contribution in [0.4, 0.5) is 24.0 Å². The van der Waals surface area contributed by atoms with Gasteiger partial charge in [0.2, 0.25) is 0 Å². The zero-order valence-corrected chi connectivity index (χ0v) is 30.6. The molecule has 2 N–H and O–H groups in total. The van der Waals surface area contributed by atoms with Gasteiger partial charge in [-0.05, 0) is 68.0 Å². The van der Waals surface area contributed by atoms with Gasteiger partial charge in [0.25, 0.3) is 5.91 Å². The molecule has 2 fully saturated rings. The molecule has 1 atom stereocenters. The van der Waals surface area contributed by atoms with Crippen LogP contribution in [0.1, 0.15) is 53.8 Å². The molecule has 5 aromatic rings. The number of carbonyl (C=O) groups excluding carboxylic acids is 1. The van der Waals surface area contributed by atoms with Crippen molar-refractivity contribution in [3.8, 4) is 23.2 Å². The fourth-order valence-corrected chi connectivity index (χ4v) is 9.25. The van der Waals surface area contributed by atoms with Crippen LogP contribution in [0.15, 0.2) is 36.2 Å². The maximum absolute atomic E-state index is 17.3. The highest BCUT2D eigenvalue weighted by atomic mass is 35.5. The third kappa shape index (κ3) is 5.93. The Balaban J connectivity index is 1.29. The van der Waals surface area contributed by atoms with Gasteiger partial charge >= 0.3 is 6.01 Å². The number of halogens is 4. The average Bonchev–Trinajstić information content (AvgIpc) is 3.89. The smallest absolute Gasteiger partial charge is 0.319 e. The minimum Gasteiger partial charge on any atom is -0.461 e. The summed E-state index contributed by atoms with van der Waals surface area (Å²) in [7, 11) is 3.34. The standard InChI is InChI=1S/C37H35ClF3N9O2S/c1-47(2)35(51)27-12-21-18-48(9-3-4-11-50(21)46-27)34-23-13-25(38)29(22-6-7-26(40)32-28(22)24(16-42)33(43)53-32)30(41)31(23)44-36(45-34)52-19-37-8-5-10-49(37)17-20(14-37)15-39/h6-7,12-13,15H,3-5,8-11,14,17-19,43H2,1-2H3/b20-15-. The fraction of sp³-hybridized carbons (Fsp3) is 0.378. The molecule has 3 aliphatic rings. The van der Waals surface area contributed by atoms with E-state index in [1.165, 1.54) is 17.0 Å². The summed E-state index contributed by atoms with van der Waals surface area (Å²) in [5.41, 5.74) is 7.53. The highest BCUT2D eigenvalue weighted by molar-refractivity contribution is 7.23. The molecule has 0 bridgehead atoms. The van der Waals surface area contributed by atoms with Crippen LogP contribution in [0.2, 0.25) is 5.02 Å². The van der Waals surface area contributed by atoms with Crippen LogP contribution in [-0.4, -0.2) is 81.3 Å². The predicted molar refractivity (Wildman–Crippen MR) is 198 cm³/mol. The van der Waals surface area contributed by atoms with Crippen LogP contribution >= 0.6 is 22.9 Å². The van der Waals surface area contributed by atoms with E-state index >= 15 is 8.78 Å². The molecule has 3 aromatic heterocycles. The summed E-state index contributed by atoms with van der Waals surface area (Å²) in [4.78, 5) is 28.0. The Labute approximate surface area is 312 Å². The van der Waals surface area contributed by atoms with Gasteiger partial charge in [0.1, 0.15) is 34.8 Å². The van der Waals surface area contributed by atoms with E-state index in [1.807, 2.05) is 15.7 Å². The minimum absolute atomic E-state index is 0.00280. The maximum atomic E-state index is 17.3. The van der Waals surface area contributed by atoms with Crippen LogP contribution < -0.4 is 15.4 Å². The summed E-state index contributed by atoms with van der Waals surface area (Å²) < 4.78 is 54.2. The van der Waals surface area contributed by atoms with Gasteiger partial charge in [0.15, 0.2) is 11.5 Å². The van der Waals surface area contributed by atoms with Gasteiger partial charge in [0, 0.05) is 50.1 Å². The largest absolute Gasteiger partial charge is 0.461 e. The lowest BCUT2D eigenvalue weighted by atomic mass is 9.94. The number of aromatic nitrogens is 4. The molecular weight excluding hydrogens is 727 g/mol. The molecule has 0 saturated carbocycles. The number of nitriles is 1. The molecule has 1 amide bonds. The first-order valence-corrected chi connectivity index (χ1v) is 18.5. The van der Waals surface area contributed by atoms with Crippen LogP contribution in [0.5, 0.6) is 6.01 Å². The lowest BCUT2D eigenvalue weighted by Crippen LogP contribution is -2.43. The van der Waals surface area contributed by atoms with Gasteiger partial charge in [-0.25, -0.2) is 13.2 Å². The Morgan fingerprint density at radius 3 is 2.75 bits per heavy atom. The number of nitrogen functional groups attached to an aromatic ring is 1. The second kappa shape index (κ2) is 13.5. The van der Waals surface area contributed by atoms with Gasteiger partial charge in [-0.15, -0.1) is 11.3 Å². The normalized spacial score (nSPS) is 19.7. The van der Waals surface area contributed by atoms with E-state index in [2.05, 4.69) is 15.0 Å². The molecule has 0 radical (unpaired) electrons. The Morgan fingerprint density at radius 1 is 1.17 bits per heavy atom. The molecule has 274 valence electrons. The molecule has 3 aliphatic heterocycles. The van der Waals surface area contributed by atoms with Crippen molar-refractivity contribution in [3.63, 3.8) is 0 Å². The Hall–Kier alpha value is -4.91. The lowest BCUT2D eigenvalue weighted by Gasteiger charge is -2.31. The number of hydrogen-bond acceptors (Lipinski definition) is 10. The van der Waals surface area contributed by atoms with E-state index < -0.39 is 17.2 Å². The molecule has 2 aromatic carbocycles. The summed E-state index contributed by atoms with van der Waals surface area (Å²) in [6, 6.07) is 7.88. The highest BCUT2D eigenvalue weighted by Gasteiger charge is 2.47. The molecule has 0 aliphatic carbocycles. The zero-order chi connectivity index (χ0) is 37.2. The SMILES string of the molecule is CN(C)C(=O)c1cc2n(n1)CCCCN(c1nc(OCC34CCCN3C/C(=C\F)C4)nc3c(F)c(-c4ccc(F)c5sc(N)c(C#N)c45)c(Cl)cc13)C2. The van der Waals surface area contributed by atoms with E-state index in [1.54, 1.807) is 26.2 Å². The van der Waals surface area contributed by atoms with Crippen LogP contribution in [0.25, 0.3) is 32.1 Å². The number of ether oxygens (including phenoxy) is 1. The number of aryl methyl sites for hydroxylation is 1. The Morgan fingerprint density at radius 2 is 1.98 bits per heavy atom. The molecule has 2 saturated heterocycles. The van der Waals surface area contributed by atoms with Gasteiger partial charge in [-0.3, -0.25) is 14.4 Å². The lowest BCUT2D eigenvalue weighted by molar-refractivity contribution is 0.0821. The molecule has 1 unspecified atom stereocenters. The van der Waals surface area contributed by atoms with Crippen molar-refractivity contribution in [2.24, 2.45) is 0 Å². The van der Waals surface area contributed by atoms with E-state index in [0.717, 1.165) is 49.3 Å². The third-order valence-corrected chi connectivity index (χ3v) is 11.9. The van der Waals surface area contributed by atoms with Gasteiger partial charge in [0.05, 0.1) is 39.4 Å². The summed E-state index contributed by atoms with van der Waals surface area (Å²) in [6.07, 6.45) is 4.42. The first-order valence-electron chi connectivity index (χ1n) is 17.3. The summed E-state index contributed by atoms with van der Waals surface area (Å²) in [6.45, 7) is 2.95. The Bertz CT molecular complexity index is 2390. The van der Waals surface area contributed by atoms with Crippen LogP contribution in [0.3, 0.4) is 0 Å². The van der Waals surface area contributed by atoms with Crippen LogP contribution in [-0.2, 0) is 13.1 Å². The number of carbonyl (C=O) groups is 1. The molecule has 0 spiro atoms. The fourth-order valence-electron chi connectivity index (χ4n) is 8.00. The minimum atomic E-state index is -0.803. The first kappa shape index (κ1) is 35.1. The van der Waals surface area contributed by atoms with E-state index in [9.17, 15) is 14.4 Å². The zero-order valence-electron chi connectivity index (χ0n) is 29.1. The van der Waals surface area contributed by atoms with Crippen molar-refractivity contribution in [1.82, 2.24) is 29.5 Å². The Kier molecular flexibility index (Phi) is 8.95. The number of benzene rings is 2. The molecule has 16 heteroatoms. The molecule has 53 heavy (non-hydrogen) atoms. The molecule has 8 rings (SSSR count). The van der Waals surface area contributed by atoms with Gasteiger partial charge in [-0.1, -0.05) is 17.7 Å².